The quantitative estimate of drug-likeness (QED) is 0.907. The number of aromatic carboxylic acids is 1. The van der Waals surface area contributed by atoms with Gasteiger partial charge < -0.3 is 10.0 Å². The molecule has 1 saturated heterocycles. The molecule has 0 aliphatic carbocycles. The Bertz CT molecular complexity index is 448. The summed E-state index contributed by atoms with van der Waals surface area (Å²) in [5, 5.41) is 8.80. The largest absolute Gasteiger partial charge is 0.476 e. The zero-order valence-corrected chi connectivity index (χ0v) is 11.8. The summed E-state index contributed by atoms with van der Waals surface area (Å²) in [6.45, 7) is 8.80. The smallest absolute Gasteiger partial charge is 0.356 e. The van der Waals surface area contributed by atoms with E-state index in [0.717, 1.165) is 31.7 Å². The van der Waals surface area contributed by atoms with Crippen LogP contribution in [-0.2, 0) is 0 Å². The van der Waals surface area contributed by atoms with Crippen LogP contribution < -0.4 is 4.90 Å². The van der Waals surface area contributed by atoms with E-state index in [9.17, 15) is 4.79 Å². The van der Waals surface area contributed by atoms with Crippen molar-refractivity contribution in [3.63, 3.8) is 0 Å². The lowest BCUT2D eigenvalue weighted by molar-refractivity contribution is 0.0690. The van der Waals surface area contributed by atoms with Crippen LogP contribution in [0.1, 0.15) is 44.1 Å². The highest BCUT2D eigenvalue weighted by atomic mass is 16.4. The number of nitrogens with zero attached hydrogens (tertiary/aromatic N) is 3. The molecule has 5 heteroatoms. The van der Waals surface area contributed by atoms with Crippen LogP contribution in [0.3, 0.4) is 0 Å². The summed E-state index contributed by atoms with van der Waals surface area (Å²) in [6, 6.07) is 0. The third-order valence-electron chi connectivity index (χ3n) is 4.48. The zero-order chi connectivity index (χ0) is 14.0. The molecule has 1 aromatic heterocycles. The van der Waals surface area contributed by atoms with E-state index >= 15 is 0 Å². The monoisotopic (exact) mass is 263 g/mol. The molecule has 0 unspecified atom stereocenters. The fraction of sp³-hybridized carbons (Fsp3) is 0.643. The van der Waals surface area contributed by atoms with Gasteiger partial charge in [0.05, 0.1) is 12.4 Å². The SMILES string of the molecule is CC(C)C1(C)CCN(c2cnc(C(=O)O)cn2)CC1. The number of piperidine rings is 1. The molecule has 2 rings (SSSR count). The van der Waals surface area contributed by atoms with E-state index in [-0.39, 0.29) is 5.69 Å². The summed E-state index contributed by atoms with van der Waals surface area (Å²) in [5.41, 5.74) is 0.387. The molecule has 19 heavy (non-hydrogen) atoms. The molecule has 5 nitrogen and oxygen atoms in total. The summed E-state index contributed by atoms with van der Waals surface area (Å²) in [7, 11) is 0. The molecule has 1 N–H and O–H groups in total. The van der Waals surface area contributed by atoms with Gasteiger partial charge in [0, 0.05) is 13.1 Å². The summed E-state index contributed by atoms with van der Waals surface area (Å²) in [4.78, 5) is 21.0. The van der Waals surface area contributed by atoms with E-state index in [2.05, 4.69) is 35.6 Å². The Morgan fingerprint density at radius 3 is 2.37 bits per heavy atom. The first-order chi connectivity index (χ1) is 8.92. The molecule has 1 aliphatic heterocycles. The van der Waals surface area contributed by atoms with Crippen molar-refractivity contribution in [2.75, 3.05) is 18.0 Å². The van der Waals surface area contributed by atoms with Crippen LogP contribution in [0.5, 0.6) is 0 Å². The molecule has 0 spiro atoms. The van der Waals surface area contributed by atoms with Crippen LogP contribution >= 0.6 is 0 Å². The van der Waals surface area contributed by atoms with E-state index in [1.54, 1.807) is 6.20 Å². The first-order valence-corrected chi connectivity index (χ1v) is 6.73. The maximum Gasteiger partial charge on any atom is 0.356 e. The van der Waals surface area contributed by atoms with Gasteiger partial charge in [-0.05, 0) is 24.2 Å². The van der Waals surface area contributed by atoms with Crippen molar-refractivity contribution in [3.05, 3.63) is 18.1 Å². The minimum atomic E-state index is -1.04. The number of carboxylic acids is 1. The Morgan fingerprint density at radius 2 is 1.95 bits per heavy atom. The van der Waals surface area contributed by atoms with Gasteiger partial charge in [0.1, 0.15) is 5.82 Å². The zero-order valence-electron chi connectivity index (χ0n) is 11.8. The number of aromatic nitrogens is 2. The number of hydrogen-bond acceptors (Lipinski definition) is 4. The molecule has 0 atom stereocenters. The van der Waals surface area contributed by atoms with Gasteiger partial charge in [-0.1, -0.05) is 20.8 Å². The summed E-state index contributed by atoms with van der Waals surface area (Å²) >= 11 is 0. The van der Waals surface area contributed by atoms with E-state index in [0.29, 0.717) is 11.3 Å². The van der Waals surface area contributed by atoms with Gasteiger partial charge >= 0.3 is 5.97 Å². The minimum Gasteiger partial charge on any atom is -0.476 e. The van der Waals surface area contributed by atoms with Crippen molar-refractivity contribution in [3.8, 4) is 0 Å². The van der Waals surface area contributed by atoms with Gasteiger partial charge in [0.15, 0.2) is 5.69 Å². The molecule has 1 aromatic rings. The fourth-order valence-electron chi connectivity index (χ4n) is 2.42. The highest BCUT2D eigenvalue weighted by molar-refractivity contribution is 5.84. The lowest BCUT2D eigenvalue weighted by Crippen LogP contribution is -2.41. The van der Waals surface area contributed by atoms with Crippen LogP contribution in [0.25, 0.3) is 0 Å². The van der Waals surface area contributed by atoms with Gasteiger partial charge in [-0.25, -0.2) is 14.8 Å². The van der Waals surface area contributed by atoms with E-state index in [1.165, 1.54) is 6.20 Å². The molecule has 0 bridgehead atoms. The first-order valence-electron chi connectivity index (χ1n) is 6.73. The summed E-state index contributed by atoms with van der Waals surface area (Å²) < 4.78 is 0. The maximum absolute atomic E-state index is 10.7. The number of carboxylic acid groups (broad SMARTS) is 1. The molecule has 0 saturated carbocycles. The average Bonchev–Trinajstić information content (AvgIpc) is 2.39. The van der Waals surface area contributed by atoms with Crippen LogP contribution in [0.2, 0.25) is 0 Å². The van der Waals surface area contributed by atoms with Crippen molar-refractivity contribution in [2.45, 2.75) is 33.6 Å². The highest BCUT2D eigenvalue weighted by Gasteiger charge is 2.33. The average molecular weight is 263 g/mol. The van der Waals surface area contributed by atoms with Crippen LogP contribution in [0, 0.1) is 11.3 Å². The van der Waals surface area contributed by atoms with Crippen molar-refractivity contribution in [1.29, 1.82) is 0 Å². The van der Waals surface area contributed by atoms with Gasteiger partial charge in [-0.2, -0.15) is 0 Å². The highest BCUT2D eigenvalue weighted by Crippen LogP contribution is 2.38. The second-order valence-electron chi connectivity index (χ2n) is 5.86. The number of hydrogen-bond donors (Lipinski definition) is 1. The molecule has 0 aromatic carbocycles. The summed E-state index contributed by atoms with van der Waals surface area (Å²) in [5.74, 6) is 0.413. The van der Waals surface area contributed by atoms with Crippen LogP contribution in [-0.4, -0.2) is 34.1 Å². The van der Waals surface area contributed by atoms with Crippen molar-refractivity contribution < 1.29 is 9.90 Å². The minimum absolute atomic E-state index is 0.00669. The Hall–Kier alpha value is -1.65. The van der Waals surface area contributed by atoms with Crippen LogP contribution in [0.15, 0.2) is 12.4 Å². The van der Waals surface area contributed by atoms with Crippen molar-refractivity contribution in [2.24, 2.45) is 11.3 Å². The Morgan fingerprint density at radius 1 is 1.32 bits per heavy atom. The third kappa shape index (κ3) is 2.85. The number of rotatable bonds is 3. The third-order valence-corrected chi connectivity index (χ3v) is 4.48. The molecule has 1 fully saturated rings. The van der Waals surface area contributed by atoms with E-state index in [1.807, 2.05) is 0 Å². The Labute approximate surface area is 113 Å². The van der Waals surface area contributed by atoms with Crippen molar-refractivity contribution in [1.82, 2.24) is 9.97 Å². The molecule has 2 heterocycles. The first kappa shape index (κ1) is 13.8. The molecule has 0 amide bonds. The maximum atomic E-state index is 10.7. The van der Waals surface area contributed by atoms with Crippen LogP contribution in [0.4, 0.5) is 5.82 Å². The molecule has 0 radical (unpaired) electrons. The van der Waals surface area contributed by atoms with Crippen molar-refractivity contribution >= 4 is 11.8 Å². The fourth-order valence-corrected chi connectivity index (χ4v) is 2.42. The molecule has 104 valence electrons. The standard InChI is InChI=1S/C14H21N3O2/c1-10(2)14(3)4-6-17(7-5-14)12-9-15-11(8-16-12)13(18)19/h8-10H,4-7H2,1-3H3,(H,18,19). The lowest BCUT2D eigenvalue weighted by atomic mass is 9.72. The van der Waals surface area contributed by atoms with E-state index in [4.69, 9.17) is 5.11 Å². The predicted octanol–water partition coefficient (Wildman–Crippen LogP) is 2.44. The Kier molecular flexibility index (Phi) is 3.73. The molecule has 1 aliphatic rings. The van der Waals surface area contributed by atoms with Gasteiger partial charge in [0.25, 0.3) is 0 Å². The topological polar surface area (TPSA) is 66.3 Å². The van der Waals surface area contributed by atoms with Gasteiger partial charge in [0.2, 0.25) is 0 Å². The van der Waals surface area contributed by atoms with E-state index < -0.39 is 5.97 Å². The summed E-state index contributed by atoms with van der Waals surface area (Å²) in [6.07, 6.45) is 5.15. The predicted molar refractivity (Wildman–Crippen MR) is 73.4 cm³/mol. The number of anilines is 1. The van der Waals surface area contributed by atoms with Gasteiger partial charge in [-0.3, -0.25) is 0 Å². The lowest BCUT2D eigenvalue weighted by Gasteiger charge is -2.42. The normalized spacial score (nSPS) is 18.6. The van der Waals surface area contributed by atoms with Gasteiger partial charge in [-0.15, -0.1) is 0 Å². The molecular weight excluding hydrogens is 242 g/mol. The second-order valence-corrected chi connectivity index (χ2v) is 5.86. The number of carbonyl (C=O) groups is 1. The second kappa shape index (κ2) is 5.15. The molecular formula is C14H21N3O2. The Balaban J connectivity index is 2.03.